The maximum Gasteiger partial charge on any atom is 0.329 e. The minimum Gasteiger partial charge on any atom is -0.458 e. The Balaban J connectivity index is 2.50. The van der Waals surface area contributed by atoms with Crippen LogP contribution in [0.4, 0.5) is 0 Å². The van der Waals surface area contributed by atoms with Crippen molar-refractivity contribution >= 4 is 77.0 Å². The Morgan fingerprint density at radius 1 is 0.543 bits per heavy atom. The minimum absolute atomic E-state index is 0.0107. The van der Waals surface area contributed by atoms with Gasteiger partial charge in [-0.25, -0.2) is 4.79 Å². The molecule has 1 saturated heterocycles. The lowest BCUT2D eigenvalue weighted by molar-refractivity contribution is -0.157. The number of guanidine groups is 2. The lowest BCUT2D eigenvalue weighted by Gasteiger charge is -2.31. The molecule has 1 fully saturated rings. The molecule has 0 bridgehead atoms. The molecule has 16 atom stereocenters. The first-order valence-electron chi connectivity index (χ1n) is 32.2. The maximum atomic E-state index is 14.6. The van der Waals surface area contributed by atoms with Crippen molar-refractivity contribution < 1.29 is 67.7 Å². The Labute approximate surface area is 540 Å². The third-order valence-corrected chi connectivity index (χ3v) is 16.7. The molecule has 1 aromatic rings. The van der Waals surface area contributed by atoms with E-state index in [0.717, 1.165) is 5.56 Å². The summed E-state index contributed by atoms with van der Waals surface area (Å²) in [6, 6.07) is -4.99. The highest BCUT2D eigenvalue weighted by molar-refractivity contribution is 5.99. The highest BCUT2D eigenvalue weighted by Gasteiger charge is 2.41. The van der Waals surface area contributed by atoms with Crippen LogP contribution in [0.2, 0.25) is 0 Å². The number of benzene rings is 1. The summed E-state index contributed by atoms with van der Waals surface area (Å²) in [7, 11) is 0. The van der Waals surface area contributed by atoms with Crippen molar-refractivity contribution in [1.82, 2.24) is 53.2 Å². The quantitative estimate of drug-likeness (QED) is 0.0150. The molecule has 2 rings (SSSR count). The SMILES string of the molecule is CCC[C@@H]1NC(=O)[C@H](CCCN=C(N)N)NC(=O)[C@H](NC(=O)[C@H](CO)NC(=O)[C@@H](NC(=O)[C@H](NC(=O)[C@@H](CCCN=C(N)N)NC(=O)[C@H](CO)NC(=O)[C@@H](NC(=O)[C@H](CC)Cc2ccccc2)[C@@H](C)CC)[C@H](C)CC)[C@@H](C)CC)[C@H](C)OC(=O)[C@H]([C@@H](C)CC)NC1=O. The first kappa shape index (κ1) is 79.9. The van der Waals surface area contributed by atoms with Gasteiger partial charge < -0.3 is 91.1 Å². The molecule has 30 heteroatoms. The number of rotatable bonds is 37. The van der Waals surface area contributed by atoms with Crippen LogP contribution in [0.5, 0.6) is 0 Å². The molecular formula is C62H106N16O14. The van der Waals surface area contributed by atoms with E-state index in [4.69, 9.17) is 27.7 Å². The summed E-state index contributed by atoms with van der Waals surface area (Å²) in [4.78, 5) is 163. The van der Waals surface area contributed by atoms with Crippen LogP contribution in [-0.2, 0) is 63.9 Å². The van der Waals surface area contributed by atoms with Gasteiger partial charge in [-0.1, -0.05) is 132 Å². The van der Waals surface area contributed by atoms with E-state index in [9.17, 15) is 63.0 Å². The fraction of sp³-hybridized carbons (Fsp3) is 0.694. The molecule has 10 amide bonds. The molecule has 0 aliphatic carbocycles. The van der Waals surface area contributed by atoms with E-state index in [0.29, 0.717) is 38.5 Å². The van der Waals surface area contributed by atoms with Gasteiger partial charge in [-0.05, 0) is 81.1 Å². The zero-order valence-electron chi connectivity index (χ0n) is 55.4. The first-order chi connectivity index (χ1) is 43.6. The predicted molar refractivity (Wildman–Crippen MR) is 346 cm³/mol. The highest BCUT2D eigenvalue weighted by Crippen LogP contribution is 2.19. The summed E-state index contributed by atoms with van der Waals surface area (Å²) in [5, 5.41) is 47.4. The number of hydrogen-bond donors (Lipinski definition) is 16. The van der Waals surface area contributed by atoms with Gasteiger partial charge in [0.25, 0.3) is 0 Å². The van der Waals surface area contributed by atoms with Gasteiger partial charge in [-0.15, -0.1) is 0 Å². The number of esters is 1. The van der Waals surface area contributed by atoms with Crippen molar-refractivity contribution in [3.05, 3.63) is 35.9 Å². The molecule has 1 aliphatic heterocycles. The number of aliphatic hydroxyl groups excluding tert-OH is 2. The molecular weight excluding hydrogens is 1190 g/mol. The van der Waals surface area contributed by atoms with E-state index in [1.165, 1.54) is 6.92 Å². The lowest BCUT2D eigenvalue weighted by atomic mass is 9.93. The molecule has 518 valence electrons. The molecule has 1 heterocycles. The summed E-state index contributed by atoms with van der Waals surface area (Å²) in [5.74, 6) is -12.6. The molecule has 1 aromatic carbocycles. The molecule has 0 spiro atoms. The molecule has 0 saturated carbocycles. The Kier molecular flexibility index (Phi) is 35.9. The average molecular weight is 1300 g/mol. The second-order valence-corrected chi connectivity index (χ2v) is 23.8. The minimum atomic E-state index is -1.83. The van der Waals surface area contributed by atoms with E-state index in [1.807, 2.05) is 44.2 Å². The second-order valence-electron chi connectivity index (χ2n) is 23.8. The summed E-state index contributed by atoms with van der Waals surface area (Å²) in [5.41, 5.74) is 23.0. The lowest BCUT2D eigenvalue weighted by Crippen LogP contribution is -2.63. The van der Waals surface area contributed by atoms with Gasteiger partial charge in [0.15, 0.2) is 11.9 Å². The highest BCUT2D eigenvalue weighted by atomic mass is 16.5. The van der Waals surface area contributed by atoms with Gasteiger partial charge in [-0.3, -0.25) is 57.9 Å². The number of amides is 10. The van der Waals surface area contributed by atoms with Gasteiger partial charge in [0, 0.05) is 19.0 Å². The number of hydrogen-bond acceptors (Lipinski definition) is 16. The number of nitrogens with two attached hydrogens (primary N) is 4. The molecule has 0 unspecified atom stereocenters. The first-order valence-corrected chi connectivity index (χ1v) is 32.2. The van der Waals surface area contributed by atoms with Crippen LogP contribution < -0.4 is 76.1 Å². The maximum absolute atomic E-state index is 14.6. The zero-order chi connectivity index (χ0) is 69.4. The van der Waals surface area contributed by atoms with Crippen LogP contribution in [-0.4, -0.2) is 180 Å². The van der Waals surface area contributed by atoms with E-state index in [1.54, 1.807) is 55.4 Å². The van der Waals surface area contributed by atoms with E-state index < -0.39 is 168 Å². The number of aliphatic hydroxyl groups is 2. The van der Waals surface area contributed by atoms with Crippen molar-refractivity contribution in [2.45, 2.75) is 220 Å². The van der Waals surface area contributed by atoms with Gasteiger partial charge >= 0.3 is 5.97 Å². The third-order valence-electron chi connectivity index (χ3n) is 16.7. The van der Waals surface area contributed by atoms with Crippen molar-refractivity contribution in [2.75, 3.05) is 26.3 Å². The van der Waals surface area contributed by atoms with Crippen molar-refractivity contribution in [1.29, 1.82) is 0 Å². The molecule has 20 N–H and O–H groups in total. The monoisotopic (exact) mass is 1300 g/mol. The number of carbonyl (C=O) groups excluding carboxylic acids is 11. The zero-order valence-corrected chi connectivity index (χ0v) is 55.4. The molecule has 1 aliphatic rings. The standard InChI is InChI=1S/C62H106N16O14/c1-12-23-40-52(83)77-48(36(10)16-5)60(91)92-37(11)49(59(90)71-41(51(82)69-40)26-21-28-67-61(63)64)78-55(86)44(32-80)73-57(88)46(34(8)14-3)76-58(89)47(35(9)15-4)75-53(84)42(27-22-29-68-62(65)66)70-54(85)43(31-79)72-56(87)45(33(7)13-2)74-50(81)39(17-6)30-38-24-19-18-20-25-38/h18-20,24-25,33-37,39-49,79-80H,12-17,21-23,26-32H2,1-11H3,(H,69,82)(H,70,85)(H,71,90)(H,72,87)(H,73,88)(H,74,81)(H,75,84)(H,76,89)(H,77,83)(H,78,86)(H4,63,64,67)(H4,65,66,68)/t33-,34-,35+,36-,37-,39+,40-,41-,42+,43-,44-,45-,46-,47+,48-,49+/m0/s1. The van der Waals surface area contributed by atoms with Crippen molar-refractivity contribution in [3.63, 3.8) is 0 Å². The van der Waals surface area contributed by atoms with Gasteiger partial charge in [-0.2, -0.15) is 0 Å². The number of ether oxygens (including phenoxy) is 1. The van der Waals surface area contributed by atoms with Crippen LogP contribution in [0.25, 0.3) is 0 Å². The fourth-order valence-electron chi connectivity index (χ4n) is 9.91. The van der Waals surface area contributed by atoms with Crippen molar-refractivity contribution in [3.8, 4) is 0 Å². The van der Waals surface area contributed by atoms with Crippen LogP contribution in [0.15, 0.2) is 40.3 Å². The predicted octanol–water partition coefficient (Wildman–Crippen LogP) is -1.88. The average Bonchev–Trinajstić information content (AvgIpc) is 2.27. The Morgan fingerprint density at radius 3 is 1.48 bits per heavy atom. The number of nitrogens with zero attached hydrogens (tertiary/aromatic N) is 2. The van der Waals surface area contributed by atoms with Crippen LogP contribution in [0.3, 0.4) is 0 Å². The fourth-order valence-corrected chi connectivity index (χ4v) is 9.91. The molecule has 92 heavy (non-hydrogen) atoms. The number of nitrogens with one attached hydrogen (secondary N) is 10. The topological polar surface area (TPSA) is 487 Å². The Hall–Kier alpha value is -8.15. The van der Waals surface area contributed by atoms with Crippen molar-refractivity contribution in [2.24, 2.45) is 62.5 Å². The third kappa shape index (κ3) is 26.2. The summed E-state index contributed by atoms with van der Waals surface area (Å²) < 4.78 is 5.78. The van der Waals surface area contributed by atoms with Crippen LogP contribution in [0.1, 0.15) is 152 Å². The second kappa shape index (κ2) is 41.4. The van der Waals surface area contributed by atoms with E-state index in [2.05, 4.69) is 63.2 Å². The number of carbonyl (C=O) groups is 11. The Morgan fingerprint density at radius 2 is 0.989 bits per heavy atom. The number of aliphatic imine (C=N–C) groups is 2. The summed E-state index contributed by atoms with van der Waals surface area (Å²) in [6.45, 7) is 16.8. The molecule has 0 aromatic heterocycles. The van der Waals surface area contributed by atoms with E-state index in [-0.39, 0.29) is 69.4 Å². The largest absolute Gasteiger partial charge is 0.458 e. The van der Waals surface area contributed by atoms with Gasteiger partial charge in [0.1, 0.15) is 66.5 Å². The normalized spacial score (nSPS) is 20.6. The number of cyclic esters (lactones) is 1. The molecule has 30 nitrogen and oxygen atoms in total. The van der Waals surface area contributed by atoms with Crippen LogP contribution >= 0.6 is 0 Å². The van der Waals surface area contributed by atoms with Crippen LogP contribution in [0, 0.1) is 29.6 Å². The Bertz CT molecular complexity index is 2640. The summed E-state index contributed by atoms with van der Waals surface area (Å²) >= 11 is 0. The van der Waals surface area contributed by atoms with Gasteiger partial charge in [0.05, 0.1) is 13.2 Å². The van der Waals surface area contributed by atoms with Gasteiger partial charge in [0.2, 0.25) is 59.1 Å². The van der Waals surface area contributed by atoms with E-state index >= 15 is 0 Å². The smallest absolute Gasteiger partial charge is 0.329 e. The molecule has 0 radical (unpaired) electrons. The summed E-state index contributed by atoms with van der Waals surface area (Å²) in [6.07, 6.45) is 1.47.